The zero-order valence-corrected chi connectivity index (χ0v) is 12.8. The van der Waals surface area contributed by atoms with Crippen molar-refractivity contribution < 1.29 is 14.3 Å². The van der Waals surface area contributed by atoms with Crippen LogP contribution in [0.2, 0.25) is 0 Å². The van der Waals surface area contributed by atoms with Gasteiger partial charge in [-0.05, 0) is 35.9 Å². The molecule has 2 aromatic rings. The molecule has 0 fully saturated rings. The zero-order chi connectivity index (χ0) is 16.7. The number of amides is 1. The van der Waals surface area contributed by atoms with E-state index in [0.717, 1.165) is 16.9 Å². The number of azo groups is 1. The van der Waals surface area contributed by atoms with E-state index in [2.05, 4.69) is 15.5 Å². The number of anilines is 1. The molecule has 2 aromatic carbocycles. The fraction of sp³-hybridized carbons (Fsp3) is 0.111. The maximum Gasteiger partial charge on any atom is 0.211 e. The van der Waals surface area contributed by atoms with Gasteiger partial charge in [-0.25, -0.2) is 0 Å². The molecule has 6 nitrogen and oxygen atoms in total. The second-order valence-electron chi connectivity index (χ2n) is 5.47. The van der Waals surface area contributed by atoms with Crippen LogP contribution < -0.4 is 10.1 Å². The second kappa shape index (κ2) is 5.42. The standard InChI is InChI=1S/C18H13N3O3/c1-24-11-7-5-10(6-8-11)16-15-17(21-20-16)12-3-2-4-13(19-9-22)14(12)18(15)23/h2-9,17H,1H3,(H,19,22). The van der Waals surface area contributed by atoms with E-state index in [1.807, 2.05) is 30.3 Å². The number of carbonyl (C=O) groups excluding carboxylic acids is 2. The maximum atomic E-state index is 12.9. The van der Waals surface area contributed by atoms with E-state index in [-0.39, 0.29) is 5.78 Å². The number of hydrogen-bond donors (Lipinski definition) is 1. The smallest absolute Gasteiger partial charge is 0.211 e. The van der Waals surface area contributed by atoms with Gasteiger partial charge in [0.15, 0.2) is 5.78 Å². The number of hydrogen-bond acceptors (Lipinski definition) is 5. The summed E-state index contributed by atoms with van der Waals surface area (Å²) in [5.74, 6) is 0.588. The molecule has 1 aliphatic carbocycles. The van der Waals surface area contributed by atoms with Crippen LogP contribution in [0.5, 0.6) is 5.75 Å². The van der Waals surface area contributed by atoms with Crippen LogP contribution >= 0.6 is 0 Å². The Hall–Kier alpha value is -3.28. The summed E-state index contributed by atoms with van der Waals surface area (Å²) in [7, 11) is 1.60. The Morgan fingerprint density at radius 2 is 1.96 bits per heavy atom. The van der Waals surface area contributed by atoms with Crippen LogP contribution in [-0.4, -0.2) is 19.3 Å². The lowest BCUT2D eigenvalue weighted by molar-refractivity contribution is -0.105. The van der Waals surface area contributed by atoms with E-state index in [4.69, 9.17) is 4.74 Å². The summed E-state index contributed by atoms with van der Waals surface area (Å²) >= 11 is 0. The third-order valence-electron chi connectivity index (χ3n) is 4.24. The lowest BCUT2D eigenvalue weighted by atomic mass is 10.0. The van der Waals surface area contributed by atoms with Crippen molar-refractivity contribution in [1.29, 1.82) is 0 Å². The first-order chi connectivity index (χ1) is 11.7. The Kier molecular flexibility index (Phi) is 3.23. The van der Waals surface area contributed by atoms with Crippen molar-refractivity contribution in [3.8, 4) is 5.75 Å². The highest BCUT2D eigenvalue weighted by molar-refractivity contribution is 6.21. The summed E-state index contributed by atoms with van der Waals surface area (Å²) in [5, 5.41) is 11.1. The maximum absolute atomic E-state index is 12.9. The van der Waals surface area contributed by atoms with Crippen molar-refractivity contribution in [2.75, 3.05) is 12.4 Å². The molecule has 1 atom stereocenters. The number of carbonyl (C=O) groups is 2. The van der Waals surface area contributed by atoms with Gasteiger partial charge >= 0.3 is 0 Å². The molecule has 118 valence electrons. The molecule has 1 heterocycles. The number of Topliss-reactive ketones (excluding diaryl/α,β-unsaturated/α-hetero) is 1. The molecule has 24 heavy (non-hydrogen) atoms. The third-order valence-corrected chi connectivity index (χ3v) is 4.24. The summed E-state index contributed by atoms with van der Waals surface area (Å²) in [5.41, 5.74) is 3.70. The molecule has 0 saturated carbocycles. The monoisotopic (exact) mass is 319 g/mol. The molecule has 1 N–H and O–H groups in total. The molecule has 0 radical (unpaired) electrons. The van der Waals surface area contributed by atoms with E-state index >= 15 is 0 Å². The summed E-state index contributed by atoms with van der Waals surface area (Å²) in [6, 6.07) is 12.3. The number of nitrogens with zero attached hydrogens (tertiary/aromatic N) is 2. The number of rotatable bonds is 4. The van der Waals surface area contributed by atoms with Crippen LogP contribution in [0.3, 0.4) is 0 Å². The van der Waals surface area contributed by atoms with Gasteiger partial charge in [0.25, 0.3) is 0 Å². The third kappa shape index (κ3) is 1.96. The van der Waals surface area contributed by atoms with Crippen molar-refractivity contribution in [3.63, 3.8) is 0 Å². The number of nitrogens with one attached hydrogen (secondary N) is 1. The number of benzene rings is 2. The molecular weight excluding hydrogens is 306 g/mol. The molecule has 0 spiro atoms. The normalized spacial score (nSPS) is 17.7. The molecule has 0 saturated heterocycles. The average Bonchev–Trinajstić information content (AvgIpc) is 3.16. The van der Waals surface area contributed by atoms with Crippen molar-refractivity contribution in [2.45, 2.75) is 6.04 Å². The summed E-state index contributed by atoms with van der Waals surface area (Å²) in [6.07, 6.45) is 0.567. The summed E-state index contributed by atoms with van der Waals surface area (Å²) < 4.78 is 5.15. The number of methoxy groups -OCH3 is 1. The van der Waals surface area contributed by atoms with Crippen LogP contribution in [-0.2, 0) is 4.79 Å². The van der Waals surface area contributed by atoms with Crippen LogP contribution in [0.25, 0.3) is 5.70 Å². The number of ether oxygens (including phenoxy) is 1. The highest BCUT2D eigenvalue weighted by atomic mass is 16.5. The molecule has 1 unspecified atom stereocenters. The van der Waals surface area contributed by atoms with Crippen molar-refractivity contribution in [3.05, 3.63) is 64.7 Å². The molecule has 1 aliphatic heterocycles. The van der Waals surface area contributed by atoms with Gasteiger partial charge in [-0.3, -0.25) is 9.59 Å². The Balaban J connectivity index is 1.84. The minimum atomic E-state index is -0.405. The molecule has 1 amide bonds. The fourth-order valence-corrected chi connectivity index (χ4v) is 3.14. The van der Waals surface area contributed by atoms with Gasteiger partial charge in [0, 0.05) is 5.56 Å². The minimum absolute atomic E-state index is 0.143. The molecular formula is C18H13N3O3. The van der Waals surface area contributed by atoms with Crippen molar-refractivity contribution in [1.82, 2.24) is 0 Å². The lowest BCUT2D eigenvalue weighted by Gasteiger charge is -2.06. The van der Waals surface area contributed by atoms with Gasteiger partial charge in [-0.15, -0.1) is 0 Å². The van der Waals surface area contributed by atoms with Gasteiger partial charge in [-0.1, -0.05) is 12.1 Å². The lowest BCUT2D eigenvalue weighted by Crippen LogP contribution is -2.04. The van der Waals surface area contributed by atoms with E-state index in [1.165, 1.54) is 0 Å². The van der Waals surface area contributed by atoms with Crippen LogP contribution in [0, 0.1) is 0 Å². The predicted octanol–water partition coefficient (Wildman–Crippen LogP) is 3.38. The Bertz CT molecular complexity index is 914. The summed E-state index contributed by atoms with van der Waals surface area (Å²) in [4.78, 5) is 23.7. The quantitative estimate of drug-likeness (QED) is 0.877. The Labute approximate surface area is 137 Å². The van der Waals surface area contributed by atoms with E-state index in [1.54, 1.807) is 19.2 Å². The molecule has 0 bridgehead atoms. The predicted molar refractivity (Wildman–Crippen MR) is 88.0 cm³/mol. The minimum Gasteiger partial charge on any atom is -0.497 e. The first-order valence-electron chi connectivity index (χ1n) is 7.42. The first kappa shape index (κ1) is 14.3. The van der Waals surface area contributed by atoms with Gasteiger partial charge in [0.05, 0.1) is 23.9 Å². The largest absolute Gasteiger partial charge is 0.497 e. The van der Waals surface area contributed by atoms with Gasteiger partial charge in [0.1, 0.15) is 17.5 Å². The highest BCUT2D eigenvalue weighted by Gasteiger charge is 2.42. The average molecular weight is 319 g/mol. The van der Waals surface area contributed by atoms with Crippen molar-refractivity contribution in [2.24, 2.45) is 10.2 Å². The van der Waals surface area contributed by atoms with Crippen LogP contribution in [0.4, 0.5) is 5.69 Å². The van der Waals surface area contributed by atoms with Gasteiger partial charge in [0.2, 0.25) is 6.41 Å². The molecule has 6 heteroatoms. The number of ketones is 1. The van der Waals surface area contributed by atoms with Crippen LogP contribution in [0.15, 0.2) is 58.3 Å². The second-order valence-corrected chi connectivity index (χ2v) is 5.47. The molecule has 4 rings (SSSR count). The first-order valence-corrected chi connectivity index (χ1v) is 7.42. The SMILES string of the molecule is COc1ccc(C2=C3C(=O)c4c(NC=O)cccc4C3N=N2)cc1. The zero-order valence-electron chi connectivity index (χ0n) is 12.8. The fourth-order valence-electron chi connectivity index (χ4n) is 3.14. The number of fused-ring (bicyclic) bond motifs is 3. The molecule has 0 aromatic heterocycles. The Morgan fingerprint density at radius 1 is 1.17 bits per heavy atom. The summed E-state index contributed by atoms with van der Waals surface area (Å²) in [6.45, 7) is 0. The van der Waals surface area contributed by atoms with Crippen LogP contribution in [0.1, 0.15) is 27.5 Å². The highest BCUT2D eigenvalue weighted by Crippen LogP contribution is 2.48. The van der Waals surface area contributed by atoms with Gasteiger partial charge in [-0.2, -0.15) is 10.2 Å². The van der Waals surface area contributed by atoms with E-state index in [9.17, 15) is 9.59 Å². The van der Waals surface area contributed by atoms with Gasteiger partial charge < -0.3 is 10.1 Å². The van der Waals surface area contributed by atoms with E-state index < -0.39 is 6.04 Å². The molecule has 2 aliphatic rings. The van der Waals surface area contributed by atoms with Crippen molar-refractivity contribution >= 4 is 23.6 Å². The van der Waals surface area contributed by atoms with E-state index in [0.29, 0.717) is 28.9 Å². The topological polar surface area (TPSA) is 80.1 Å². The Morgan fingerprint density at radius 3 is 2.67 bits per heavy atom.